The molecule has 0 atom stereocenters. The molecule has 0 saturated carbocycles. The average Bonchev–Trinajstić information content (AvgIpc) is 2.29. The Kier molecular flexibility index (Phi) is 4.98. The largest absolute Gasteiger partial charge is 0.295 e. The molecule has 0 heterocycles. The number of rotatable bonds is 6. The molecule has 1 N–H and O–H groups in total. The van der Waals surface area contributed by atoms with E-state index in [1.54, 1.807) is 0 Å². The highest BCUT2D eigenvalue weighted by Crippen LogP contribution is 2.16. The maximum atomic E-state index is 13.5. The van der Waals surface area contributed by atoms with Crippen LogP contribution in [0.25, 0.3) is 0 Å². The topological polar surface area (TPSA) is 63.2 Å². The molecule has 1 aromatic carbocycles. The first-order valence-electron chi connectivity index (χ1n) is 5.68. The molecule has 1 rings (SSSR count). The summed E-state index contributed by atoms with van der Waals surface area (Å²) < 4.78 is 39.5. The molecule has 1 aromatic rings. The van der Waals surface area contributed by atoms with Crippen molar-refractivity contribution in [3.8, 4) is 0 Å². The fourth-order valence-corrected chi connectivity index (χ4v) is 2.56. The summed E-state index contributed by atoms with van der Waals surface area (Å²) in [5.41, 5.74) is 0.173. The summed E-state index contributed by atoms with van der Waals surface area (Å²) in [5.74, 6) is -1.16. The van der Waals surface area contributed by atoms with Gasteiger partial charge in [-0.15, -0.1) is 0 Å². The fraction of sp³-hybridized carbons (Fsp3) is 0.417. The van der Waals surface area contributed by atoms with E-state index in [0.29, 0.717) is 6.42 Å². The molecule has 0 fully saturated rings. The number of hydrogen-bond acceptors (Lipinski definition) is 3. The summed E-state index contributed by atoms with van der Waals surface area (Å²) in [6, 6.07) is 3.32. The number of halogens is 1. The van der Waals surface area contributed by atoms with E-state index in [2.05, 4.69) is 4.72 Å². The van der Waals surface area contributed by atoms with Crippen LogP contribution in [0.4, 0.5) is 4.39 Å². The molecule has 0 radical (unpaired) electrons. The van der Waals surface area contributed by atoms with E-state index >= 15 is 0 Å². The molecule has 0 aliphatic rings. The van der Waals surface area contributed by atoms with Gasteiger partial charge < -0.3 is 0 Å². The Morgan fingerprint density at radius 2 is 2.06 bits per heavy atom. The van der Waals surface area contributed by atoms with Crippen molar-refractivity contribution >= 4 is 15.8 Å². The summed E-state index contributed by atoms with van der Waals surface area (Å²) in [5, 5.41) is 0. The van der Waals surface area contributed by atoms with Crippen LogP contribution in [-0.4, -0.2) is 20.7 Å². The van der Waals surface area contributed by atoms with Gasteiger partial charge in [0.05, 0.1) is 0 Å². The summed E-state index contributed by atoms with van der Waals surface area (Å²) in [6.45, 7) is 3.47. The van der Waals surface area contributed by atoms with Gasteiger partial charge in [0.25, 0.3) is 0 Å². The van der Waals surface area contributed by atoms with E-state index in [1.165, 1.54) is 13.0 Å². The number of carbonyl (C=O) groups is 1. The zero-order valence-electron chi connectivity index (χ0n) is 10.4. The highest BCUT2D eigenvalue weighted by atomic mass is 32.2. The van der Waals surface area contributed by atoms with Gasteiger partial charge in [-0.2, -0.15) is 0 Å². The molecule has 0 aromatic heterocycles. The first-order valence-corrected chi connectivity index (χ1v) is 7.17. The molecule has 4 nitrogen and oxygen atoms in total. The number of carbonyl (C=O) groups excluding carboxylic acids is 1. The van der Waals surface area contributed by atoms with Gasteiger partial charge in [0.15, 0.2) is 5.78 Å². The van der Waals surface area contributed by atoms with Crippen LogP contribution >= 0.6 is 0 Å². The first kappa shape index (κ1) is 14.8. The van der Waals surface area contributed by atoms with Gasteiger partial charge in [0.1, 0.15) is 10.7 Å². The minimum Gasteiger partial charge on any atom is -0.295 e. The second-order valence-electron chi connectivity index (χ2n) is 3.95. The number of nitrogens with one attached hydrogen (secondary N) is 1. The first-order chi connectivity index (χ1) is 8.38. The molecule has 6 heteroatoms. The molecular weight excluding hydrogens is 257 g/mol. The number of unbranched alkanes of at least 4 members (excludes halogenated alkanes) is 1. The monoisotopic (exact) mass is 273 g/mol. The Morgan fingerprint density at radius 1 is 1.39 bits per heavy atom. The smallest absolute Gasteiger partial charge is 0.243 e. The lowest BCUT2D eigenvalue weighted by Gasteiger charge is -2.08. The summed E-state index contributed by atoms with van der Waals surface area (Å²) >= 11 is 0. The highest BCUT2D eigenvalue weighted by Gasteiger charge is 2.19. The van der Waals surface area contributed by atoms with Gasteiger partial charge in [0, 0.05) is 12.1 Å². The Labute approximate surface area is 106 Å². The Hall–Kier alpha value is -1.27. The van der Waals surface area contributed by atoms with Gasteiger partial charge in [-0.05, 0) is 31.5 Å². The van der Waals surface area contributed by atoms with Crippen LogP contribution in [0.3, 0.4) is 0 Å². The maximum Gasteiger partial charge on any atom is 0.243 e. The van der Waals surface area contributed by atoms with Crippen molar-refractivity contribution in [1.82, 2.24) is 4.72 Å². The standard InChI is InChI=1S/C12H16FNO3S/c1-3-4-7-14-18(16,17)12-8-10(9(2)15)5-6-11(12)13/h5-6,8,14H,3-4,7H2,1-2H3. The van der Waals surface area contributed by atoms with E-state index in [0.717, 1.165) is 18.6 Å². The second-order valence-corrected chi connectivity index (χ2v) is 5.69. The SMILES string of the molecule is CCCCNS(=O)(=O)c1cc(C(C)=O)ccc1F. The zero-order chi connectivity index (χ0) is 13.8. The Bertz CT molecular complexity index is 540. The van der Waals surface area contributed by atoms with Crippen LogP contribution in [-0.2, 0) is 10.0 Å². The lowest BCUT2D eigenvalue weighted by Crippen LogP contribution is -2.25. The van der Waals surface area contributed by atoms with E-state index in [-0.39, 0.29) is 17.9 Å². The highest BCUT2D eigenvalue weighted by molar-refractivity contribution is 7.89. The number of sulfonamides is 1. The maximum absolute atomic E-state index is 13.5. The third-order valence-corrected chi connectivity index (χ3v) is 3.93. The summed E-state index contributed by atoms with van der Waals surface area (Å²) in [6.07, 6.45) is 1.51. The average molecular weight is 273 g/mol. The zero-order valence-corrected chi connectivity index (χ0v) is 11.2. The van der Waals surface area contributed by atoms with Gasteiger partial charge in [-0.25, -0.2) is 17.5 Å². The molecule has 0 aliphatic carbocycles. The minimum absolute atomic E-state index is 0.173. The molecular formula is C12H16FNO3S. The van der Waals surface area contributed by atoms with Crippen molar-refractivity contribution in [1.29, 1.82) is 0 Å². The number of ketones is 1. The summed E-state index contributed by atoms with van der Waals surface area (Å²) in [7, 11) is -3.90. The third-order valence-electron chi connectivity index (χ3n) is 2.45. The van der Waals surface area contributed by atoms with Crippen LogP contribution < -0.4 is 4.72 Å². The van der Waals surface area contributed by atoms with Crippen molar-refractivity contribution in [3.05, 3.63) is 29.6 Å². The van der Waals surface area contributed by atoms with Crippen LogP contribution in [0.5, 0.6) is 0 Å². The lowest BCUT2D eigenvalue weighted by atomic mass is 10.1. The molecule has 100 valence electrons. The van der Waals surface area contributed by atoms with Crippen molar-refractivity contribution < 1.29 is 17.6 Å². The van der Waals surface area contributed by atoms with Crippen molar-refractivity contribution in [3.63, 3.8) is 0 Å². The van der Waals surface area contributed by atoms with Crippen molar-refractivity contribution in [2.45, 2.75) is 31.6 Å². The van der Waals surface area contributed by atoms with Gasteiger partial charge in [0.2, 0.25) is 10.0 Å². The fourth-order valence-electron chi connectivity index (χ4n) is 1.39. The van der Waals surface area contributed by atoms with E-state index in [1.807, 2.05) is 6.92 Å². The van der Waals surface area contributed by atoms with Crippen LogP contribution in [0.2, 0.25) is 0 Å². The second kappa shape index (κ2) is 6.06. The van der Waals surface area contributed by atoms with E-state index in [9.17, 15) is 17.6 Å². The summed E-state index contributed by atoms with van der Waals surface area (Å²) in [4.78, 5) is 10.7. The molecule has 0 saturated heterocycles. The van der Waals surface area contributed by atoms with Crippen LogP contribution in [0.15, 0.2) is 23.1 Å². The quantitative estimate of drug-likeness (QED) is 0.637. The number of benzene rings is 1. The molecule has 0 amide bonds. The Balaban J connectivity index is 3.07. The van der Waals surface area contributed by atoms with E-state index in [4.69, 9.17) is 0 Å². The van der Waals surface area contributed by atoms with Crippen molar-refractivity contribution in [2.75, 3.05) is 6.54 Å². The molecule has 0 unspecified atom stereocenters. The molecule has 0 bridgehead atoms. The number of Topliss-reactive ketones (excluding diaryl/α,β-unsaturated/α-hetero) is 1. The van der Waals surface area contributed by atoms with Gasteiger partial charge in [-0.3, -0.25) is 4.79 Å². The van der Waals surface area contributed by atoms with Crippen LogP contribution in [0.1, 0.15) is 37.0 Å². The predicted octanol–water partition coefficient (Wildman–Crippen LogP) is 2.11. The van der Waals surface area contributed by atoms with Gasteiger partial charge >= 0.3 is 0 Å². The molecule has 0 aliphatic heterocycles. The predicted molar refractivity (Wildman–Crippen MR) is 66.5 cm³/mol. The number of hydrogen-bond donors (Lipinski definition) is 1. The molecule has 18 heavy (non-hydrogen) atoms. The Morgan fingerprint density at radius 3 is 2.61 bits per heavy atom. The minimum atomic E-state index is -3.90. The van der Waals surface area contributed by atoms with Crippen molar-refractivity contribution in [2.24, 2.45) is 0 Å². The third kappa shape index (κ3) is 3.61. The normalized spacial score (nSPS) is 11.5. The van der Waals surface area contributed by atoms with Gasteiger partial charge in [-0.1, -0.05) is 13.3 Å². The molecule has 0 spiro atoms. The van der Waals surface area contributed by atoms with E-state index < -0.39 is 20.7 Å². The lowest BCUT2D eigenvalue weighted by molar-refractivity contribution is 0.101. The van der Waals surface area contributed by atoms with Crippen LogP contribution in [0, 0.1) is 5.82 Å².